The van der Waals surface area contributed by atoms with E-state index in [2.05, 4.69) is 35.7 Å². The maximum atomic E-state index is 13.4. The van der Waals surface area contributed by atoms with Crippen molar-refractivity contribution in [3.63, 3.8) is 0 Å². The predicted octanol–water partition coefficient (Wildman–Crippen LogP) is 4.89. The third-order valence-electron chi connectivity index (χ3n) is 5.80. The molecule has 36 heavy (non-hydrogen) atoms. The summed E-state index contributed by atoms with van der Waals surface area (Å²) in [5.41, 5.74) is 4.16. The normalized spacial score (nSPS) is 11.4. The summed E-state index contributed by atoms with van der Waals surface area (Å²) in [4.78, 5) is 31.7. The molecule has 0 saturated heterocycles. The van der Waals surface area contributed by atoms with Crippen LogP contribution in [0, 0.1) is 20.8 Å². The van der Waals surface area contributed by atoms with E-state index in [0.29, 0.717) is 28.6 Å². The number of aromatic nitrogens is 5. The standard InChI is InChI=1S/C28H31N5O3/c1-17-15-29-27(28(4,5)6)32-24(17)20-10-8-12-22(14-20)33-19(3)30-25(18(2)26(33)34)36-16-21-11-9-13-23(31-21)35-7/h8-15H,16H2,1-7H3. The third kappa shape index (κ3) is 5.12. The largest absolute Gasteiger partial charge is 0.481 e. The Hall–Kier alpha value is -4.07. The Bertz CT molecular complexity index is 1470. The van der Waals surface area contributed by atoms with Crippen molar-refractivity contribution in [2.75, 3.05) is 7.11 Å². The van der Waals surface area contributed by atoms with Crippen molar-refractivity contribution < 1.29 is 9.47 Å². The van der Waals surface area contributed by atoms with Crippen LogP contribution in [0.4, 0.5) is 0 Å². The van der Waals surface area contributed by atoms with Gasteiger partial charge in [-0.2, -0.15) is 4.98 Å². The molecule has 0 unspecified atom stereocenters. The minimum absolute atomic E-state index is 0.173. The van der Waals surface area contributed by atoms with Crippen molar-refractivity contribution in [2.24, 2.45) is 0 Å². The van der Waals surface area contributed by atoms with Gasteiger partial charge in [-0.15, -0.1) is 0 Å². The zero-order chi connectivity index (χ0) is 26.0. The number of nitrogens with zero attached hydrogens (tertiary/aromatic N) is 5. The number of ether oxygens (including phenoxy) is 2. The van der Waals surface area contributed by atoms with Crippen LogP contribution in [0.3, 0.4) is 0 Å². The van der Waals surface area contributed by atoms with Gasteiger partial charge < -0.3 is 9.47 Å². The average molecular weight is 486 g/mol. The molecular weight excluding hydrogens is 454 g/mol. The van der Waals surface area contributed by atoms with Crippen LogP contribution in [0.15, 0.2) is 53.5 Å². The van der Waals surface area contributed by atoms with E-state index in [1.807, 2.05) is 49.5 Å². The molecular formula is C28H31N5O3. The molecule has 0 aliphatic rings. The van der Waals surface area contributed by atoms with Crippen molar-refractivity contribution in [3.05, 3.63) is 87.5 Å². The Kier molecular flexibility index (Phi) is 6.88. The molecule has 0 N–H and O–H groups in total. The topological polar surface area (TPSA) is 92.0 Å². The van der Waals surface area contributed by atoms with Crippen molar-refractivity contribution >= 4 is 0 Å². The van der Waals surface area contributed by atoms with Gasteiger partial charge in [-0.05, 0) is 44.5 Å². The van der Waals surface area contributed by atoms with Crippen molar-refractivity contribution in [1.82, 2.24) is 24.5 Å². The molecule has 0 aliphatic heterocycles. The second kappa shape index (κ2) is 9.89. The lowest BCUT2D eigenvalue weighted by Gasteiger charge is -2.18. The molecule has 4 aromatic rings. The molecule has 8 heteroatoms. The molecule has 0 radical (unpaired) electrons. The van der Waals surface area contributed by atoms with Crippen molar-refractivity contribution in [2.45, 2.75) is 53.6 Å². The molecule has 0 atom stereocenters. The summed E-state index contributed by atoms with van der Waals surface area (Å²) >= 11 is 0. The maximum Gasteiger partial charge on any atom is 0.264 e. The van der Waals surface area contributed by atoms with Crippen molar-refractivity contribution in [3.8, 4) is 28.7 Å². The van der Waals surface area contributed by atoms with E-state index in [4.69, 9.17) is 14.5 Å². The third-order valence-corrected chi connectivity index (χ3v) is 5.80. The van der Waals surface area contributed by atoms with Crippen LogP contribution in [0.5, 0.6) is 11.8 Å². The molecule has 0 aliphatic carbocycles. The van der Waals surface area contributed by atoms with E-state index in [9.17, 15) is 4.79 Å². The van der Waals surface area contributed by atoms with E-state index in [1.54, 1.807) is 31.6 Å². The van der Waals surface area contributed by atoms with Gasteiger partial charge in [0.15, 0.2) is 0 Å². The van der Waals surface area contributed by atoms with Crippen molar-refractivity contribution in [1.29, 1.82) is 0 Å². The monoisotopic (exact) mass is 485 g/mol. The first-order valence-corrected chi connectivity index (χ1v) is 11.8. The Labute approximate surface area is 211 Å². The summed E-state index contributed by atoms with van der Waals surface area (Å²) in [5.74, 6) is 2.08. The van der Waals surface area contributed by atoms with Crippen LogP contribution in [-0.4, -0.2) is 31.6 Å². The number of aryl methyl sites for hydroxylation is 2. The molecule has 0 amide bonds. The van der Waals surface area contributed by atoms with Crippen LogP contribution in [0.2, 0.25) is 0 Å². The van der Waals surface area contributed by atoms with Crippen LogP contribution in [0.1, 0.15) is 49.2 Å². The van der Waals surface area contributed by atoms with Gasteiger partial charge in [-0.25, -0.2) is 15.0 Å². The highest BCUT2D eigenvalue weighted by Gasteiger charge is 2.20. The summed E-state index contributed by atoms with van der Waals surface area (Å²) in [7, 11) is 1.56. The second-order valence-corrected chi connectivity index (χ2v) is 9.72. The molecule has 3 heterocycles. The fourth-order valence-corrected chi connectivity index (χ4v) is 3.81. The van der Waals surface area contributed by atoms with Gasteiger partial charge in [0.1, 0.15) is 18.3 Å². The summed E-state index contributed by atoms with van der Waals surface area (Å²) in [5, 5.41) is 0. The summed E-state index contributed by atoms with van der Waals surface area (Å²) < 4.78 is 12.6. The predicted molar refractivity (Wildman–Crippen MR) is 139 cm³/mol. The number of pyridine rings is 1. The van der Waals surface area contributed by atoms with Gasteiger partial charge in [0, 0.05) is 23.2 Å². The molecule has 186 valence electrons. The molecule has 0 saturated carbocycles. The number of hydrogen-bond donors (Lipinski definition) is 0. The Morgan fingerprint density at radius 3 is 2.44 bits per heavy atom. The highest BCUT2D eigenvalue weighted by molar-refractivity contribution is 5.65. The maximum absolute atomic E-state index is 13.4. The zero-order valence-corrected chi connectivity index (χ0v) is 21.8. The van der Waals surface area contributed by atoms with E-state index < -0.39 is 0 Å². The van der Waals surface area contributed by atoms with Crippen LogP contribution >= 0.6 is 0 Å². The van der Waals surface area contributed by atoms with Gasteiger partial charge >= 0.3 is 0 Å². The first kappa shape index (κ1) is 25.0. The quantitative estimate of drug-likeness (QED) is 0.384. The minimum Gasteiger partial charge on any atom is -0.481 e. The fourth-order valence-electron chi connectivity index (χ4n) is 3.81. The molecule has 3 aromatic heterocycles. The smallest absolute Gasteiger partial charge is 0.264 e. The first-order chi connectivity index (χ1) is 17.1. The van der Waals surface area contributed by atoms with Gasteiger partial charge in [-0.3, -0.25) is 9.36 Å². The number of benzene rings is 1. The Balaban J connectivity index is 1.69. The van der Waals surface area contributed by atoms with Gasteiger partial charge in [0.05, 0.1) is 29.7 Å². The number of hydrogen-bond acceptors (Lipinski definition) is 7. The van der Waals surface area contributed by atoms with E-state index in [-0.39, 0.29) is 23.5 Å². The Morgan fingerprint density at radius 2 is 1.72 bits per heavy atom. The average Bonchev–Trinajstić information content (AvgIpc) is 2.85. The molecule has 4 rings (SSSR count). The van der Waals surface area contributed by atoms with E-state index in [0.717, 1.165) is 22.6 Å². The van der Waals surface area contributed by atoms with Gasteiger partial charge in [0.2, 0.25) is 11.8 Å². The molecule has 8 nitrogen and oxygen atoms in total. The zero-order valence-electron chi connectivity index (χ0n) is 21.8. The van der Waals surface area contributed by atoms with E-state index >= 15 is 0 Å². The lowest BCUT2D eigenvalue weighted by atomic mass is 9.95. The first-order valence-electron chi connectivity index (χ1n) is 11.8. The SMILES string of the molecule is COc1cccc(COc2nc(C)n(-c3cccc(-c4nc(C(C)(C)C)ncc4C)c3)c(=O)c2C)n1. The number of methoxy groups -OCH3 is 1. The lowest BCUT2D eigenvalue weighted by Crippen LogP contribution is -2.25. The number of rotatable bonds is 6. The van der Waals surface area contributed by atoms with E-state index in [1.165, 1.54) is 0 Å². The summed E-state index contributed by atoms with van der Waals surface area (Å²) in [6.45, 7) is 11.9. The molecule has 0 spiro atoms. The van der Waals surface area contributed by atoms with Crippen LogP contribution < -0.4 is 15.0 Å². The van der Waals surface area contributed by atoms with Gasteiger partial charge in [-0.1, -0.05) is 39.0 Å². The fraction of sp³-hybridized carbons (Fsp3) is 0.321. The Morgan fingerprint density at radius 1 is 0.972 bits per heavy atom. The highest BCUT2D eigenvalue weighted by Crippen LogP contribution is 2.27. The summed E-state index contributed by atoms with van der Waals surface area (Å²) in [6.07, 6.45) is 1.85. The van der Waals surface area contributed by atoms with Crippen LogP contribution in [-0.2, 0) is 12.0 Å². The molecule has 0 fully saturated rings. The molecule has 0 bridgehead atoms. The van der Waals surface area contributed by atoms with Crippen LogP contribution in [0.25, 0.3) is 16.9 Å². The summed E-state index contributed by atoms with van der Waals surface area (Å²) in [6, 6.07) is 13.2. The highest BCUT2D eigenvalue weighted by atomic mass is 16.5. The lowest BCUT2D eigenvalue weighted by molar-refractivity contribution is 0.282. The van der Waals surface area contributed by atoms with Gasteiger partial charge in [0.25, 0.3) is 5.56 Å². The molecule has 1 aromatic carbocycles. The second-order valence-electron chi connectivity index (χ2n) is 9.72. The minimum atomic E-state index is -0.192.